The van der Waals surface area contributed by atoms with Gasteiger partial charge in [-0.15, -0.1) is 12.4 Å². The minimum atomic E-state index is -0.566. The summed E-state index contributed by atoms with van der Waals surface area (Å²) < 4.78 is 27.2. The molecule has 1 heterocycles. The Kier molecular flexibility index (Phi) is 8.25. The van der Waals surface area contributed by atoms with E-state index in [1.807, 2.05) is 20.8 Å². The van der Waals surface area contributed by atoms with Crippen LogP contribution < -0.4 is 5.73 Å². The van der Waals surface area contributed by atoms with E-state index in [4.69, 9.17) is 5.73 Å². The molecule has 142 valence electrons. The predicted molar refractivity (Wildman–Crippen MR) is 97.6 cm³/mol. The van der Waals surface area contributed by atoms with E-state index in [9.17, 15) is 13.6 Å². The van der Waals surface area contributed by atoms with Crippen molar-refractivity contribution in [3.63, 3.8) is 0 Å². The van der Waals surface area contributed by atoms with Crippen LogP contribution in [0.2, 0.25) is 0 Å². The number of benzene rings is 1. The first-order valence-corrected chi connectivity index (χ1v) is 8.58. The number of piperazine rings is 1. The highest BCUT2D eigenvalue weighted by atomic mass is 35.5. The zero-order chi connectivity index (χ0) is 17.9. The van der Waals surface area contributed by atoms with E-state index >= 15 is 0 Å². The molecular weight excluding hydrogens is 348 g/mol. The second kappa shape index (κ2) is 9.46. The summed E-state index contributed by atoms with van der Waals surface area (Å²) >= 11 is 0. The van der Waals surface area contributed by atoms with Crippen LogP contribution in [0.15, 0.2) is 18.2 Å². The molecule has 2 atom stereocenters. The SMILES string of the molecule is CCC(c1ccc(F)cc1F)N1CCN(C(=O)[C@@H](N)C(C)C)CC1.Cl. The zero-order valence-electron chi connectivity index (χ0n) is 15.0. The number of carbonyl (C=O) groups is 1. The summed E-state index contributed by atoms with van der Waals surface area (Å²) in [6, 6.07) is 3.15. The van der Waals surface area contributed by atoms with Crippen molar-refractivity contribution in [3.05, 3.63) is 35.4 Å². The summed E-state index contributed by atoms with van der Waals surface area (Å²) in [5.74, 6) is -0.996. The largest absolute Gasteiger partial charge is 0.339 e. The first kappa shape index (κ1) is 21.8. The molecule has 2 N–H and O–H groups in total. The molecule has 1 saturated heterocycles. The van der Waals surface area contributed by atoms with Crippen LogP contribution in [0.4, 0.5) is 8.78 Å². The third-order valence-electron chi connectivity index (χ3n) is 4.78. The molecule has 1 aromatic carbocycles. The molecule has 0 aliphatic carbocycles. The minimum absolute atomic E-state index is 0. The average molecular weight is 376 g/mol. The van der Waals surface area contributed by atoms with Gasteiger partial charge in [0.25, 0.3) is 0 Å². The summed E-state index contributed by atoms with van der Waals surface area (Å²) in [5, 5.41) is 0. The summed E-state index contributed by atoms with van der Waals surface area (Å²) in [6.07, 6.45) is 0.724. The van der Waals surface area contributed by atoms with Gasteiger partial charge in [-0.05, 0) is 18.4 Å². The molecule has 0 radical (unpaired) electrons. The van der Waals surface area contributed by atoms with Crippen molar-refractivity contribution in [2.24, 2.45) is 11.7 Å². The molecule has 0 aromatic heterocycles. The highest BCUT2D eigenvalue weighted by molar-refractivity contribution is 5.85. The van der Waals surface area contributed by atoms with Gasteiger partial charge in [-0.1, -0.05) is 26.8 Å². The van der Waals surface area contributed by atoms with Crippen LogP contribution in [0.25, 0.3) is 0 Å². The van der Waals surface area contributed by atoms with Crippen LogP contribution >= 0.6 is 12.4 Å². The normalized spacial score (nSPS) is 18.0. The number of halogens is 3. The van der Waals surface area contributed by atoms with Crippen LogP contribution in [-0.2, 0) is 4.79 Å². The Morgan fingerprint density at radius 1 is 1.20 bits per heavy atom. The van der Waals surface area contributed by atoms with Gasteiger partial charge >= 0.3 is 0 Å². The Morgan fingerprint density at radius 3 is 2.28 bits per heavy atom. The molecule has 1 fully saturated rings. The lowest BCUT2D eigenvalue weighted by atomic mass is 10.0. The highest BCUT2D eigenvalue weighted by Crippen LogP contribution is 2.28. The van der Waals surface area contributed by atoms with Crippen molar-refractivity contribution in [2.75, 3.05) is 26.2 Å². The Morgan fingerprint density at radius 2 is 1.80 bits per heavy atom. The third-order valence-corrected chi connectivity index (χ3v) is 4.78. The fourth-order valence-electron chi connectivity index (χ4n) is 3.20. The molecule has 1 aromatic rings. The van der Waals surface area contributed by atoms with Crippen LogP contribution in [0.3, 0.4) is 0 Å². The first-order chi connectivity index (χ1) is 11.3. The number of nitrogens with two attached hydrogens (primary N) is 1. The van der Waals surface area contributed by atoms with Crippen molar-refractivity contribution in [1.82, 2.24) is 9.80 Å². The van der Waals surface area contributed by atoms with Crippen LogP contribution in [0.5, 0.6) is 0 Å². The summed E-state index contributed by atoms with van der Waals surface area (Å²) in [7, 11) is 0. The quantitative estimate of drug-likeness (QED) is 0.860. The number of nitrogens with zero attached hydrogens (tertiary/aromatic N) is 2. The predicted octanol–water partition coefficient (Wildman–Crippen LogP) is 2.97. The van der Waals surface area contributed by atoms with E-state index in [1.165, 1.54) is 12.1 Å². The molecule has 0 saturated carbocycles. The van der Waals surface area contributed by atoms with E-state index in [2.05, 4.69) is 4.90 Å². The van der Waals surface area contributed by atoms with Crippen molar-refractivity contribution < 1.29 is 13.6 Å². The van der Waals surface area contributed by atoms with E-state index in [0.717, 1.165) is 12.5 Å². The Balaban J connectivity index is 0.00000312. The van der Waals surface area contributed by atoms with Crippen LogP contribution in [0, 0.1) is 17.6 Å². The van der Waals surface area contributed by atoms with Gasteiger partial charge in [-0.25, -0.2) is 8.78 Å². The van der Waals surface area contributed by atoms with Crippen molar-refractivity contribution in [2.45, 2.75) is 39.3 Å². The van der Waals surface area contributed by atoms with Crippen molar-refractivity contribution >= 4 is 18.3 Å². The average Bonchev–Trinajstić information content (AvgIpc) is 2.56. The number of amides is 1. The summed E-state index contributed by atoms with van der Waals surface area (Å²) in [4.78, 5) is 16.3. The second-order valence-electron chi connectivity index (χ2n) is 6.72. The van der Waals surface area contributed by atoms with Gasteiger partial charge in [0.2, 0.25) is 5.91 Å². The molecule has 1 aliphatic rings. The topological polar surface area (TPSA) is 49.6 Å². The lowest BCUT2D eigenvalue weighted by molar-refractivity contribution is -0.135. The Bertz CT molecular complexity index is 577. The van der Waals surface area contributed by atoms with E-state index in [0.29, 0.717) is 31.7 Å². The maximum Gasteiger partial charge on any atom is 0.239 e. The molecule has 4 nitrogen and oxygen atoms in total. The lowest BCUT2D eigenvalue weighted by Crippen LogP contribution is -2.54. The van der Waals surface area contributed by atoms with Gasteiger partial charge in [0, 0.05) is 43.9 Å². The maximum atomic E-state index is 14.1. The van der Waals surface area contributed by atoms with E-state index in [-0.39, 0.29) is 30.3 Å². The summed E-state index contributed by atoms with van der Waals surface area (Å²) in [5.41, 5.74) is 6.46. The van der Waals surface area contributed by atoms with Crippen molar-refractivity contribution in [3.8, 4) is 0 Å². The van der Waals surface area contributed by atoms with E-state index < -0.39 is 17.7 Å². The standard InChI is InChI=1S/C18H27F2N3O.ClH/c1-4-16(14-6-5-13(19)11-15(14)20)22-7-9-23(10-8-22)18(24)17(21)12(2)3;/h5-6,11-12,16-17H,4,7-10,21H2,1-3H3;1H/t16?,17-;/m0./s1. The fourth-order valence-corrected chi connectivity index (χ4v) is 3.20. The molecule has 25 heavy (non-hydrogen) atoms. The number of hydrogen-bond acceptors (Lipinski definition) is 3. The molecule has 0 spiro atoms. The number of hydrogen-bond donors (Lipinski definition) is 1. The van der Waals surface area contributed by atoms with Crippen LogP contribution in [-0.4, -0.2) is 47.9 Å². The molecule has 0 bridgehead atoms. The summed E-state index contributed by atoms with van der Waals surface area (Å²) in [6.45, 7) is 8.33. The monoisotopic (exact) mass is 375 g/mol. The van der Waals surface area contributed by atoms with E-state index in [1.54, 1.807) is 4.90 Å². The van der Waals surface area contributed by atoms with Gasteiger partial charge < -0.3 is 10.6 Å². The van der Waals surface area contributed by atoms with Gasteiger partial charge in [0.1, 0.15) is 11.6 Å². The molecular formula is C18H28ClF2N3O. The lowest BCUT2D eigenvalue weighted by Gasteiger charge is -2.40. The minimum Gasteiger partial charge on any atom is -0.339 e. The second-order valence-corrected chi connectivity index (χ2v) is 6.72. The first-order valence-electron chi connectivity index (χ1n) is 8.58. The smallest absolute Gasteiger partial charge is 0.239 e. The zero-order valence-corrected chi connectivity index (χ0v) is 15.9. The highest BCUT2D eigenvalue weighted by Gasteiger charge is 2.30. The fraction of sp³-hybridized carbons (Fsp3) is 0.611. The molecule has 2 rings (SSSR count). The van der Waals surface area contributed by atoms with Gasteiger partial charge in [-0.3, -0.25) is 9.69 Å². The molecule has 1 amide bonds. The van der Waals surface area contributed by atoms with Gasteiger partial charge in [0.15, 0.2) is 0 Å². The Hall–Kier alpha value is -1.24. The Labute approximate surface area is 154 Å². The third kappa shape index (κ3) is 5.12. The molecule has 1 unspecified atom stereocenters. The number of carbonyl (C=O) groups excluding carboxylic acids is 1. The van der Waals surface area contributed by atoms with Gasteiger partial charge in [-0.2, -0.15) is 0 Å². The number of rotatable bonds is 5. The maximum absolute atomic E-state index is 14.1. The van der Waals surface area contributed by atoms with Gasteiger partial charge in [0.05, 0.1) is 6.04 Å². The van der Waals surface area contributed by atoms with Crippen molar-refractivity contribution in [1.29, 1.82) is 0 Å². The molecule has 7 heteroatoms. The van der Waals surface area contributed by atoms with Crippen LogP contribution in [0.1, 0.15) is 38.8 Å². The molecule has 1 aliphatic heterocycles.